The van der Waals surface area contributed by atoms with Crippen LogP contribution < -0.4 is 10.4 Å². The number of piperidine rings is 1. The largest absolute Gasteiger partial charge is 0.469 e. The van der Waals surface area contributed by atoms with Crippen LogP contribution in [0.5, 0.6) is 0 Å². The van der Waals surface area contributed by atoms with Crippen molar-refractivity contribution >= 4 is 53.8 Å². The summed E-state index contributed by atoms with van der Waals surface area (Å²) in [6.07, 6.45) is 3.74. The quantitative estimate of drug-likeness (QED) is 0.113. The number of nitrogens with zero attached hydrogens (tertiary/aromatic N) is 1. The number of benzene rings is 4. The molecule has 0 spiro atoms. The Bertz CT molecular complexity index is 1870. The molecule has 3 aliphatic rings. The summed E-state index contributed by atoms with van der Waals surface area (Å²) in [6.45, 7) is 9.24. The Labute approximate surface area is 319 Å². The predicted octanol–water partition coefficient (Wildman–Crippen LogP) is 9.37. The molecule has 0 bridgehead atoms. The van der Waals surface area contributed by atoms with Crippen LogP contribution in [-0.4, -0.2) is 44.9 Å². The highest BCUT2D eigenvalue weighted by atomic mass is 35.5. The number of halogens is 2. The fourth-order valence-corrected chi connectivity index (χ4v) is 14.2. The Morgan fingerprint density at radius 3 is 1.94 bits per heavy atom. The van der Waals surface area contributed by atoms with Crippen molar-refractivity contribution in [2.45, 2.75) is 82.8 Å². The molecule has 1 saturated heterocycles. The van der Waals surface area contributed by atoms with Crippen molar-refractivity contribution in [3.63, 3.8) is 0 Å². The first-order chi connectivity index (χ1) is 24.9. The van der Waals surface area contributed by atoms with Crippen LogP contribution in [0.4, 0.5) is 0 Å². The molecule has 0 radical (unpaired) electrons. The number of ether oxygens (including phenoxy) is 1. The minimum absolute atomic E-state index is 0.00317. The summed E-state index contributed by atoms with van der Waals surface area (Å²) < 4.78 is 13.1. The Hall–Kier alpha value is -3.42. The second-order valence-electron chi connectivity index (χ2n) is 16.4. The van der Waals surface area contributed by atoms with Crippen molar-refractivity contribution in [3.05, 3.63) is 130 Å². The summed E-state index contributed by atoms with van der Waals surface area (Å²) in [6, 6.07) is 36.7. The van der Waals surface area contributed by atoms with Gasteiger partial charge in [-0.25, -0.2) is 0 Å². The number of hydrogen-bond donors (Lipinski definition) is 0. The third kappa shape index (κ3) is 6.34. The fraction of sp³-hybridized carbons (Fsp3) is 0.409. The van der Waals surface area contributed by atoms with E-state index in [-0.39, 0.29) is 40.8 Å². The molecule has 5 nitrogen and oxygen atoms in total. The maximum atomic E-state index is 15.7. The standard InChI is InChI=1S/C44H49Cl2NO4Si/c1-42(2,3)52(35-15-8-6-9-16-35,36-17-10-7-11-18-36)51-29-38(30-19-20-30)47-39(31-21-23-33(45)24-22-31)37(32-13-12-14-34(46)27-32)28-43(4,40(47)48)44(25-26-44)41(49)50-5/h6-18,21-24,27,30,37-39H,19-20,25-26,28-29H2,1-5H3/t37?,38?,39-,43+/m1/s1. The fourth-order valence-electron chi connectivity index (χ4n) is 9.29. The second kappa shape index (κ2) is 14.1. The number of hydrogen-bond acceptors (Lipinski definition) is 4. The molecule has 1 aliphatic heterocycles. The normalized spacial score (nSPS) is 23.6. The maximum Gasteiger partial charge on any atom is 0.312 e. The monoisotopic (exact) mass is 753 g/mol. The van der Waals surface area contributed by atoms with Crippen molar-refractivity contribution < 1.29 is 18.8 Å². The molecule has 2 saturated carbocycles. The summed E-state index contributed by atoms with van der Waals surface area (Å²) >= 11 is 13.2. The highest BCUT2D eigenvalue weighted by Crippen LogP contribution is 2.67. The first kappa shape index (κ1) is 36.9. The summed E-state index contributed by atoms with van der Waals surface area (Å²) in [7, 11) is -1.51. The molecule has 4 atom stereocenters. The highest BCUT2D eigenvalue weighted by molar-refractivity contribution is 6.99. The topological polar surface area (TPSA) is 55.8 Å². The van der Waals surface area contributed by atoms with Gasteiger partial charge >= 0.3 is 5.97 Å². The Morgan fingerprint density at radius 1 is 0.846 bits per heavy atom. The van der Waals surface area contributed by atoms with E-state index in [4.69, 9.17) is 32.4 Å². The van der Waals surface area contributed by atoms with E-state index in [0.717, 1.165) is 24.0 Å². The Balaban J connectivity index is 1.41. The van der Waals surface area contributed by atoms with E-state index in [1.807, 2.05) is 49.4 Å². The van der Waals surface area contributed by atoms with Crippen LogP contribution in [0.25, 0.3) is 0 Å². The lowest BCUT2D eigenvalue weighted by Crippen LogP contribution is -2.68. The van der Waals surface area contributed by atoms with Crippen LogP contribution in [0.2, 0.25) is 15.1 Å². The number of likely N-dealkylation sites (tertiary alicyclic amines) is 1. The molecule has 2 unspecified atom stereocenters. The minimum Gasteiger partial charge on any atom is -0.469 e. The molecule has 52 heavy (non-hydrogen) atoms. The molecule has 0 N–H and O–H groups in total. The molecule has 3 fully saturated rings. The van der Waals surface area contributed by atoms with Crippen LogP contribution >= 0.6 is 23.2 Å². The van der Waals surface area contributed by atoms with Crippen molar-refractivity contribution in [1.82, 2.24) is 4.90 Å². The molecule has 7 rings (SSSR count). The Kier molecular flexibility index (Phi) is 10.0. The van der Waals surface area contributed by atoms with Crippen LogP contribution in [0.15, 0.2) is 109 Å². The summed E-state index contributed by atoms with van der Waals surface area (Å²) in [4.78, 5) is 31.5. The molecule has 1 heterocycles. The van der Waals surface area contributed by atoms with E-state index in [0.29, 0.717) is 35.9 Å². The number of carbonyl (C=O) groups is 2. The van der Waals surface area contributed by atoms with Gasteiger partial charge in [0.1, 0.15) is 0 Å². The number of methoxy groups -OCH3 is 1. The number of amides is 1. The second-order valence-corrected chi connectivity index (χ2v) is 21.5. The first-order valence-corrected chi connectivity index (χ1v) is 21.2. The van der Waals surface area contributed by atoms with Crippen molar-refractivity contribution in [3.8, 4) is 0 Å². The summed E-state index contributed by atoms with van der Waals surface area (Å²) in [5, 5.41) is 3.45. The molecule has 8 heteroatoms. The Morgan fingerprint density at radius 2 is 1.44 bits per heavy atom. The third-order valence-corrected chi connectivity index (χ3v) is 17.8. The zero-order valence-corrected chi connectivity index (χ0v) is 33.3. The molecule has 272 valence electrons. The van der Waals surface area contributed by atoms with Gasteiger partial charge in [0.2, 0.25) is 5.91 Å². The summed E-state index contributed by atoms with van der Waals surface area (Å²) in [5.74, 6) is -0.201. The van der Waals surface area contributed by atoms with Crippen LogP contribution in [0.1, 0.15) is 82.9 Å². The minimum atomic E-state index is -2.94. The van der Waals surface area contributed by atoms with Crippen molar-refractivity contribution in [2.24, 2.45) is 16.7 Å². The zero-order valence-electron chi connectivity index (χ0n) is 30.8. The lowest BCUT2D eigenvalue weighted by Gasteiger charge is -2.54. The van der Waals surface area contributed by atoms with E-state index in [9.17, 15) is 4.79 Å². The van der Waals surface area contributed by atoms with E-state index in [2.05, 4.69) is 92.4 Å². The maximum absolute atomic E-state index is 15.7. The van der Waals surface area contributed by atoms with Gasteiger partial charge in [-0.3, -0.25) is 9.59 Å². The van der Waals surface area contributed by atoms with Crippen LogP contribution in [0, 0.1) is 16.7 Å². The smallest absolute Gasteiger partial charge is 0.312 e. The van der Waals surface area contributed by atoms with E-state index < -0.39 is 19.1 Å². The van der Waals surface area contributed by atoms with Gasteiger partial charge in [-0.05, 0) is 95.7 Å². The molecule has 4 aromatic carbocycles. The molecule has 2 aliphatic carbocycles. The van der Waals surface area contributed by atoms with Gasteiger partial charge in [0.25, 0.3) is 8.32 Å². The predicted molar refractivity (Wildman–Crippen MR) is 212 cm³/mol. The van der Waals surface area contributed by atoms with Crippen molar-refractivity contribution in [1.29, 1.82) is 0 Å². The van der Waals surface area contributed by atoms with Crippen molar-refractivity contribution in [2.75, 3.05) is 13.7 Å². The van der Waals surface area contributed by atoms with E-state index in [1.165, 1.54) is 17.5 Å². The van der Waals surface area contributed by atoms with Gasteiger partial charge in [0, 0.05) is 16.0 Å². The lowest BCUT2D eigenvalue weighted by atomic mass is 9.61. The van der Waals surface area contributed by atoms with Crippen LogP contribution in [0.3, 0.4) is 0 Å². The summed E-state index contributed by atoms with van der Waals surface area (Å²) in [5.41, 5.74) is 0.162. The van der Waals surface area contributed by atoms with Gasteiger partial charge in [0.05, 0.1) is 36.6 Å². The third-order valence-electron chi connectivity index (χ3n) is 12.3. The number of carbonyl (C=O) groups excluding carboxylic acids is 2. The first-order valence-electron chi connectivity index (χ1n) is 18.5. The molecule has 1 amide bonds. The van der Waals surface area contributed by atoms with Gasteiger partial charge in [-0.1, -0.05) is 129 Å². The highest BCUT2D eigenvalue weighted by Gasteiger charge is 2.70. The average molecular weight is 755 g/mol. The molecular formula is C44H49Cl2NO4Si. The van der Waals surface area contributed by atoms with Gasteiger partial charge in [-0.2, -0.15) is 0 Å². The number of esters is 1. The SMILES string of the molecule is COC(=O)C1([C@@]2(C)CC(c3cccc(Cl)c3)[C@@H](c3ccc(Cl)cc3)N(C(CO[Si](c3ccccc3)(c3ccccc3)C(C)(C)C)C3CC3)C2=O)CC1. The molecular weight excluding hydrogens is 705 g/mol. The van der Waals surface area contributed by atoms with Gasteiger partial charge in [-0.15, -0.1) is 0 Å². The zero-order chi connectivity index (χ0) is 36.9. The lowest BCUT2D eigenvalue weighted by molar-refractivity contribution is -0.173. The van der Waals surface area contributed by atoms with E-state index in [1.54, 1.807) is 0 Å². The average Bonchev–Trinajstić information content (AvgIpc) is 4.08. The van der Waals surface area contributed by atoms with Gasteiger partial charge in [0.15, 0.2) is 0 Å². The van der Waals surface area contributed by atoms with E-state index >= 15 is 4.79 Å². The van der Waals surface area contributed by atoms with Crippen LogP contribution in [-0.2, 0) is 18.8 Å². The van der Waals surface area contributed by atoms with Gasteiger partial charge < -0.3 is 14.1 Å². The molecule has 0 aromatic heterocycles. The molecule has 4 aromatic rings. The number of rotatable bonds is 11.